The van der Waals surface area contributed by atoms with Gasteiger partial charge >= 0.3 is 29.6 Å². The maximum Gasteiger partial charge on any atom is 0.339 e. The molecule has 1 fully saturated rings. The van der Waals surface area contributed by atoms with Crippen molar-refractivity contribution in [2.45, 2.75) is 57.4 Å². The lowest BCUT2D eigenvalue weighted by atomic mass is 9.97. The van der Waals surface area contributed by atoms with E-state index in [2.05, 4.69) is 4.74 Å². The summed E-state index contributed by atoms with van der Waals surface area (Å²) in [4.78, 5) is 58.5. The third kappa shape index (κ3) is 6.54. The van der Waals surface area contributed by atoms with Crippen molar-refractivity contribution in [3.8, 4) is 5.75 Å². The summed E-state index contributed by atoms with van der Waals surface area (Å²) in [7, 11) is 1.03. The van der Waals surface area contributed by atoms with Gasteiger partial charge in [0.25, 0.3) is 0 Å². The van der Waals surface area contributed by atoms with E-state index in [0.29, 0.717) is 5.56 Å². The molecular formula is C20H22ClNO12. The van der Waals surface area contributed by atoms with Crippen molar-refractivity contribution in [3.05, 3.63) is 33.9 Å². The van der Waals surface area contributed by atoms with Crippen LogP contribution in [0, 0.1) is 10.1 Å². The van der Waals surface area contributed by atoms with Gasteiger partial charge in [-0.1, -0.05) is 6.07 Å². The van der Waals surface area contributed by atoms with Crippen molar-refractivity contribution in [3.63, 3.8) is 0 Å². The minimum atomic E-state index is -1.72. The summed E-state index contributed by atoms with van der Waals surface area (Å²) >= 11 is 5.74. The van der Waals surface area contributed by atoms with Crippen LogP contribution in [0.15, 0.2) is 18.2 Å². The number of ether oxygens (including phenoxy) is 6. The molecule has 0 saturated carbocycles. The van der Waals surface area contributed by atoms with Gasteiger partial charge in [0.2, 0.25) is 12.4 Å². The number of nitro groups is 1. The van der Waals surface area contributed by atoms with Crippen molar-refractivity contribution >= 4 is 41.2 Å². The largest absolute Gasteiger partial charge is 0.467 e. The number of alkyl halides is 1. The Labute approximate surface area is 198 Å². The number of nitrogens with zero attached hydrogens (tertiary/aromatic N) is 1. The Morgan fingerprint density at radius 2 is 1.56 bits per heavy atom. The number of nitro benzene ring substituents is 1. The van der Waals surface area contributed by atoms with Gasteiger partial charge in [-0.05, 0) is 11.6 Å². The number of halogens is 1. The van der Waals surface area contributed by atoms with Gasteiger partial charge in [-0.2, -0.15) is 0 Å². The number of methoxy groups -OCH3 is 1. The first kappa shape index (κ1) is 26.8. The number of carbonyl (C=O) groups is 4. The van der Waals surface area contributed by atoms with Gasteiger partial charge in [0.05, 0.1) is 12.0 Å². The van der Waals surface area contributed by atoms with Crippen molar-refractivity contribution in [2.24, 2.45) is 0 Å². The molecule has 0 aliphatic carbocycles. The second kappa shape index (κ2) is 11.6. The molecule has 0 aromatic heterocycles. The van der Waals surface area contributed by atoms with E-state index < -0.39 is 65.2 Å². The molecule has 0 spiro atoms. The molecule has 0 bridgehead atoms. The van der Waals surface area contributed by atoms with E-state index in [1.54, 1.807) is 0 Å². The van der Waals surface area contributed by atoms with Gasteiger partial charge in [0.1, 0.15) is 0 Å². The molecule has 1 aromatic carbocycles. The summed E-state index contributed by atoms with van der Waals surface area (Å²) in [6, 6.07) is 3.84. The maximum atomic E-state index is 12.4. The third-order valence-electron chi connectivity index (χ3n) is 4.45. The number of rotatable bonds is 8. The van der Waals surface area contributed by atoms with E-state index in [1.165, 1.54) is 12.1 Å². The van der Waals surface area contributed by atoms with Gasteiger partial charge in [0, 0.05) is 32.7 Å². The van der Waals surface area contributed by atoms with Crippen LogP contribution in [0.2, 0.25) is 0 Å². The Bertz CT molecular complexity index is 967. The smallest absolute Gasteiger partial charge is 0.339 e. The van der Waals surface area contributed by atoms with E-state index in [-0.39, 0.29) is 11.6 Å². The van der Waals surface area contributed by atoms with Crippen molar-refractivity contribution in [1.29, 1.82) is 0 Å². The van der Waals surface area contributed by atoms with Crippen LogP contribution >= 0.6 is 11.6 Å². The molecule has 0 unspecified atom stereocenters. The third-order valence-corrected chi connectivity index (χ3v) is 4.76. The summed E-state index contributed by atoms with van der Waals surface area (Å²) in [6.45, 7) is 3.10. The second-order valence-electron chi connectivity index (χ2n) is 6.98. The minimum absolute atomic E-state index is 0.0138. The summed E-state index contributed by atoms with van der Waals surface area (Å²) < 4.78 is 31.4. The highest BCUT2D eigenvalue weighted by Crippen LogP contribution is 2.35. The van der Waals surface area contributed by atoms with Crippen LogP contribution in [0.4, 0.5) is 5.69 Å². The Morgan fingerprint density at radius 3 is 2.06 bits per heavy atom. The van der Waals surface area contributed by atoms with Crippen LogP contribution in [-0.4, -0.2) is 66.6 Å². The zero-order valence-corrected chi connectivity index (χ0v) is 19.3. The number of carbonyl (C=O) groups excluding carboxylic acids is 4. The molecule has 1 aliphatic rings. The molecule has 5 atom stereocenters. The van der Waals surface area contributed by atoms with Gasteiger partial charge in [-0.3, -0.25) is 24.5 Å². The zero-order valence-electron chi connectivity index (χ0n) is 18.6. The van der Waals surface area contributed by atoms with Crippen LogP contribution in [0.25, 0.3) is 0 Å². The number of hydrogen-bond acceptors (Lipinski definition) is 12. The highest BCUT2D eigenvalue weighted by Gasteiger charge is 2.56. The standard InChI is InChI=1S/C20H22ClNO12/c1-9(23)30-15-16(31-10(2)24)18(32-11(3)25)20(34-17(15)19(26)29-4)33-14-6-5-12(8-21)7-13(14)22(27)28/h5-7,15-18,20H,8H2,1-4H3/t15-,16-,17-,18+,20+/m0/s1. The first-order valence-electron chi connectivity index (χ1n) is 9.73. The maximum absolute atomic E-state index is 12.4. The first-order chi connectivity index (χ1) is 16.0. The number of esters is 4. The molecule has 0 amide bonds. The predicted octanol–water partition coefficient (Wildman–Crippen LogP) is 1.41. The molecule has 1 aliphatic heterocycles. The fourth-order valence-electron chi connectivity index (χ4n) is 3.19. The topological polar surface area (TPSA) is 167 Å². The van der Waals surface area contributed by atoms with Gasteiger partial charge < -0.3 is 28.4 Å². The molecule has 14 heteroatoms. The van der Waals surface area contributed by atoms with Crippen LogP contribution in [0.1, 0.15) is 26.3 Å². The fourth-order valence-corrected chi connectivity index (χ4v) is 3.35. The lowest BCUT2D eigenvalue weighted by molar-refractivity contribution is -0.387. The van der Waals surface area contributed by atoms with Crippen LogP contribution < -0.4 is 4.74 Å². The summed E-state index contributed by atoms with van der Waals surface area (Å²) in [5.74, 6) is -3.99. The highest BCUT2D eigenvalue weighted by molar-refractivity contribution is 6.17. The van der Waals surface area contributed by atoms with Gasteiger partial charge in [0.15, 0.2) is 24.1 Å². The molecule has 0 N–H and O–H groups in total. The SMILES string of the molecule is COC(=O)[C@H]1O[C@@H](Oc2ccc(CCl)cc2[N+](=O)[O-])[C@H](OC(C)=O)[C@@H](OC(C)=O)[C@@H]1OC(C)=O. The van der Waals surface area contributed by atoms with E-state index in [0.717, 1.165) is 33.9 Å². The highest BCUT2D eigenvalue weighted by atomic mass is 35.5. The van der Waals surface area contributed by atoms with Crippen molar-refractivity contribution < 1.29 is 52.5 Å². The van der Waals surface area contributed by atoms with E-state index in [1.807, 2.05) is 0 Å². The molecular weight excluding hydrogens is 482 g/mol. The van der Waals surface area contributed by atoms with Gasteiger partial charge in [-0.25, -0.2) is 4.79 Å². The molecule has 1 saturated heterocycles. The van der Waals surface area contributed by atoms with Crippen LogP contribution in [0.3, 0.4) is 0 Å². The summed E-state index contributed by atoms with van der Waals surface area (Å²) in [6.07, 6.45) is -8.19. The summed E-state index contributed by atoms with van der Waals surface area (Å²) in [5, 5.41) is 11.5. The fraction of sp³-hybridized carbons (Fsp3) is 0.500. The van der Waals surface area contributed by atoms with E-state index in [9.17, 15) is 29.3 Å². The van der Waals surface area contributed by atoms with Crippen LogP contribution in [-0.2, 0) is 48.7 Å². The Kier molecular flexibility index (Phi) is 9.15. The van der Waals surface area contributed by atoms with Crippen LogP contribution in [0.5, 0.6) is 5.75 Å². The Hall–Kier alpha value is -3.45. The molecule has 13 nitrogen and oxygen atoms in total. The average Bonchev–Trinajstić information content (AvgIpc) is 2.76. The second-order valence-corrected chi connectivity index (χ2v) is 7.25. The lowest BCUT2D eigenvalue weighted by Crippen LogP contribution is -2.64. The Balaban J connectivity index is 2.58. The molecule has 2 rings (SSSR count). The monoisotopic (exact) mass is 503 g/mol. The van der Waals surface area contributed by atoms with E-state index >= 15 is 0 Å². The molecule has 1 aromatic rings. The molecule has 0 radical (unpaired) electrons. The van der Waals surface area contributed by atoms with E-state index in [4.69, 9.17) is 35.3 Å². The number of benzene rings is 1. The normalized spacial score (nSPS) is 23.9. The number of hydrogen-bond donors (Lipinski definition) is 0. The van der Waals surface area contributed by atoms with Crippen molar-refractivity contribution in [1.82, 2.24) is 0 Å². The zero-order chi connectivity index (χ0) is 25.6. The molecule has 186 valence electrons. The summed E-state index contributed by atoms with van der Waals surface area (Å²) in [5.41, 5.74) is -0.0777. The average molecular weight is 504 g/mol. The lowest BCUT2D eigenvalue weighted by Gasteiger charge is -2.42. The first-order valence-corrected chi connectivity index (χ1v) is 10.3. The quantitative estimate of drug-likeness (QED) is 0.165. The van der Waals surface area contributed by atoms with Crippen molar-refractivity contribution in [2.75, 3.05) is 7.11 Å². The predicted molar refractivity (Wildman–Crippen MR) is 111 cm³/mol. The molecule has 34 heavy (non-hydrogen) atoms. The Morgan fingerprint density at radius 1 is 1.00 bits per heavy atom. The van der Waals surface area contributed by atoms with Gasteiger partial charge in [-0.15, -0.1) is 11.6 Å². The minimum Gasteiger partial charge on any atom is -0.467 e. The molecule has 1 heterocycles.